The molecule has 1 aliphatic rings. The Labute approximate surface area is 55.0 Å². The SMILES string of the molecule is CC1CC=COCC1=N. The van der Waals surface area contributed by atoms with Crippen LogP contribution in [0.3, 0.4) is 0 Å². The third-order valence-electron chi connectivity index (χ3n) is 1.52. The van der Waals surface area contributed by atoms with E-state index in [1.165, 1.54) is 0 Å². The average molecular weight is 125 g/mol. The minimum absolute atomic E-state index is 0.365. The number of allylic oxidation sites excluding steroid dienone is 1. The van der Waals surface area contributed by atoms with Crippen LogP contribution >= 0.6 is 0 Å². The Morgan fingerprint density at radius 3 is 3.33 bits per heavy atom. The normalized spacial score (nSPS) is 27.2. The number of hydrogen-bond acceptors (Lipinski definition) is 2. The van der Waals surface area contributed by atoms with Gasteiger partial charge in [0.25, 0.3) is 0 Å². The van der Waals surface area contributed by atoms with Crippen LogP contribution in [-0.2, 0) is 4.74 Å². The van der Waals surface area contributed by atoms with E-state index in [0.717, 1.165) is 6.42 Å². The molecule has 9 heavy (non-hydrogen) atoms. The molecule has 0 aliphatic carbocycles. The number of hydrogen-bond donors (Lipinski definition) is 1. The van der Waals surface area contributed by atoms with Crippen LogP contribution < -0.4 is 0 Å². The van der Waals surface area contributed by atoms with Crippen LogP contribution in [0.2, 0.25) is 0 Å². The highest BCUT2D eigenvalue weighted by atomic mass is 16.5. The highest BCUT2D eigenvalue weighted by Crippen LogP contribution is 2.08. The van der Waals surface area contributed by atoms with Gasteiger partial charge in [-0.25, -0.2) is 0 Å². The zero-order valence-corrected chi connectivity index (χ0v) is 5.55. The maximum atomic E-state index is 7.37. The molecule has 1 atom stereocenters. The molecule has 50 valence electrons. The number of rotatable bonds is 0. The van der Waals surface area contributed by atoms with Crippen molar-refractivity contribution in [2.75, 3.05) is 6.61 Å². The first-order chi connectivity index (χ1) is 4.30. The number of nitrogens with one attached hydrogen (secondary N) is 1. The molecule has 2 heteroatoms. The molecule has 0 amide bonds. The van der Waals surface area contributed by atoms with Gasteiger partial charge in [-0.2, -0.15) is 0 Å². The predicted octanol–water partition coefficient (Wildman–Crippen LogP) is 1.58. The fourth-order valence-corrected chi connectivity index (χ4v) is 0.750. The van der Waals surface area contributed by atoms with Crippen molar-refractivity contribution in [3.8, 4) is 0 Å². The Hall–Kier alpha value is -0.790. The molecule has 1 heterocycles. The van der Waals surface area contributed by atoms with Crippen LogP contribution in [0.25, 0.3) is 0 Å². The minimum Gasteiger partial charge on any atom is -0.496 e. The molecule has 0 radical (unpaired) electrons. The Morgan fingerprint density at radius 1 is 1.78 bits per heavy atom. The standard InChI is InChI=1S/C7H11NO/c1-6-3-2-4-9-5-7(6)8/h2,4,6,8H,3,5H2,1H3. The lowest BCUT2D eigenvalue weighted by atomic mass is 10.0. The van der Waals surface area contributed by atoms with Gasteiger partial charge in [0.15, 0.2) is 0 Å². The zero-order chi connectivity index (χ0) is 6.69. The van der Waals surface area contributed by atoms with Gasteiger partial charge in [-0.05, 0) is 12.5 Å². The first-order valence-electron chi connectivity index (χ1n) is 3.14. The summed E-state index contributed by atoms with van der Waals surface area (Å²) in [5.41, 5.74) is 0.694. The largest absolute Gasteiger partial charge is 0.496 e. The smallest absolute Gasteiger partial charge is 0.125 e. The second-order valence-corrected chi connectivity index (χ2v) is 2.34. The first kappa shape index (κ1) is 6.33. The summed E-state index contributed by atoms with van der Waals surface area (Å²) in [7, 11) is 0. The number of ether oxygens (including phenoxy) is 1. The van der Waals surface area contributed by atoms with Crippen molar-refractivity contribution >= 4 is 5.71 Å². The molecule has 1 unspecified atom stereocenters. The molecule has 0 spiro atoms. The van der Waals surface area contributed by atoms with E-state index in [1.54, 1.807) is 6.26 Å². The second-order valence-electron chi connectivity index (χ2n) is 2.34. The molecular weight excluding hydrogens is 114 g/mol. The molecule has 0 fully saturated rings. The van der Waals surface area contributed by atoms with E-state index in [0.29, 0.717) is 18.2 Å². The van der Waals surface area contributed by atoms with Gasteiger partial charge in [0.2, 0.25) is 0 Å². The summed E-state index contributed by atoms with van der Waals surface area (Å²) in [6, 6.07) is 0. The lowest BCUT2D eigenvalue weighted by Gasteiger charge is -2.05. The van der Waals surface area contributed by atoms with E-state index in [2.05, 4.69) is 0 Å². The van der Waals surface area contributed by atoms with E-state index < -0.39 is 0 Å². The van der Waals surface area contributed by atoms with Gasteiger partial charge in [0.1, 0.15) is 6.61 Å². The van der Waals surface area contributed by atoms with Crippen LogP contribution in [0.4, 0.5) is 0 Å². The molecular formula is C7H11NO. The lowest BCUT2D eigenvalue weighted by molar-refractivity contribution is 0.301. The van der Waals surface area contributed by atoms with E-state index in [1.807, 2.05) is 13.0 Å². The molecule has 0 aromatic rings. The van der Waals surface area contributed by atoms with Gasteiger partial charge in [-0.3, -0.25) is 0 Å². The highest BCUT2D eigenvalue weighted by molar-refractivity contribution is 5.85. The molecule has 1 N–H and O–H groups in total. The van der Waals surface area contributed by atoms with Crippen molar-refractivity contribution in [1.29, 1.82) is 5.41 Å². The zero-order valence-electron chi connectivity index (χ0n) is 5.55. The van der Waals surface area contributed by atoms with Crippen LogP contribution in [0.1, 0.15) is 13.3 Å². The summed E-state index contributed by atoms with van der Waals surface area (Å²) < 4.78 is 4.97. The summed E-state index contributed by atoms with van der Waals surface area (Å²) >= 11 is 0. The Kier molecular flexibility index (Phi) is 1.88. The van der Waals surface area contributed by atoms with Gasteiger partial charge >= 0.3 is 0 Å². The van der Waals surface area contributed by atoms with Crippen LogP contribution in [0, 0.1) is 11.3 Å². The predicted molar refractivity (Wildman–Crippen MR) is 36.6 cm³/mol. The van der Waals surface area contributed by atoms with Gasteiger partial charge in [0.05, 0.1) is 6.26 Å². The molecule has 0 aromatic heterocycles. The molecule has 0 saturated heterocycles. The molecule has 1 rings (SSSR count). The second kappa shape index (κ2) is 2.67. The van der Waals surface area contributed by atoms with Gasteiger partial charge in [-0.1, -0.05) is 6.92 Å². The Morgan fingerprint density at radius 2 is 2.56 bits per heavy atom. The van der Waals surface area contributed by atoms with E-state index >= 15 is 0 Å². The molecule has 0 aromatic carbocycles. The van der Waals surface area contributed by atoms with E-state index in [4.69, 9.17) is 10.1 Å². The topological polar surface area (TPSA) is 33.1 Å². The third kappa shape index (κ3) is 1.56. The van der Waals surface area contributed by atoms with E-state index in [9.17, 15) is 0 Å². The van der Waals surface area contributed by atoms with Crippen LogP contribution in [0.5, 0.6) is 0 Å². The molecule has 2 nitrogen and oxygen atoms in total. The lowest BCUT2D eigenvalue weighted by Crippen LogP contribution is -2.12. The van der Waals surface area contributed by atoms with Gasteiger partial charge in [0, 0.05) is 11.6 Å². The maximum absolute atomic E-state index is 7.37. The van der Waals surface area contributed by atoms with Crippen molar-refractivity contribution in [3.63, 3.8) is 0 Å². The van der Waals surface area contributed by atoms with Crippen molar-refractivity contribution in [1.82, 2.24) is 0 Å². The fraction of sp³-hybridized carbons (Fsp3) is 0.571. The minimum atomic E-state index is 0.365. The molecule has 1 aliphatic heterocycles. The summed E-state index contributed by atoms with van der Waals surface area (Å²) in [4.78, 5) is 0. The summed E-state index contributed by atoms with van der Waals surface area (Å²) in [5.74, 6) is 0.365. The summed E-state index contributed by atoms with van der Waals surface area (Å²) in [6.45, 7) is 2.51. The first-order valence-corrected chi connectivity index (χ1v) is 3.14. The van der Waals surface area contributed by atoms with Crippen LogP contribution in [0.15, 0.2) is 12.3 Å². The van der Waals surface area contributed by atoms with Gasteiger partial charge in [-0.15, -0.1) is 0 Å². The molecule has 0 saturated carbocycles. The van der Waals surface area contributed by atoms with Crippen molar-refractivity contribution in [3.05, 3.63) is 12.3 Å². The highest BCUT2D eigenvalue weighted by Gasteiger charge is 2.08. The van der Waals surface area contributed by atoms with Crippen molar-refractivity contribution < 1.29 is 4.74 Å². The maximum Gasteiger partial charge on any atom is 0.125 e. The quantitative estimate of drug-likeness (QED) is 0.523. The van der Waals surface area contributed by atoms with Crippen molar-refractivity contribution in [2.45, 2.75) is 13.3 Å². The Balaban J connectivity index is 2.52. The average Bonchev–Trinajstić information content (AvgIpc) is 1.99. The summed E-state index contributed by atoms with van der Waals surface area (Å²) in [5, 5.41) is 7.37. The third-order valence-corrected chi connectivity index (χ3v) is 1.52. The molecule has 0 bridgehead atoms. The van der Waals surface area contributed by atoms with E-state index in [-0.39, 0.29) is 0 Å². The van der Waals surface area contributed by atoms with Crippen molar-refractivity contribution in [2.24, 2.45) is 5.92 Å². The fourth-order valence-electron chi connectivity index (χ4n) is 0.750. The summed E-state index contributed by atoms with van der Waals surface area (Å²) in [6.07, 6.45) is 4.59. The Bertz CT molecular complexity index is 140. The van der Waals surface area contributed by atoms with Gasteiger partial charge < -0.3 is 10.1 Å². The van der Waals surface area contributed by atoms with Crippen LogP contribution in [-0.4, -0.2) is 12.3 Å². The monoisotopic (exact) mass is 125 g/mol.